The van der Waals surface area contributed by atoms with Gasteiger partial charge in [-0.2, -0.15) is 0 Å². The van der Waals surface area contributed by atoms with Gasteiger partial charge in [-0.05, 0) is 110 Å². The maximum Gasteiger partial charge on any atom is 0.192 e. The summed E-state index contributed by atoms with van der Waals surface area (Å²) < 4.78 is 6.87. The predicted octanol–water partition coefficient (Wildman–Crippen LogP) is 7.71. The van der Waals surface area contributed by atoms with Crippen molar-refractivity contribution in [1.29, 1.82) is 0 Å². The molecule has 0 amide bonds. The maximum absolute atomic E-state index is 11.5. The molecule has 4 aliphatic rings. The topological polar surface area (TPSA) is 26.3 Å². The van der Waals surface area contributed by atoms with Crippen LogP contribution >= 0.6 is 0 Å². The molecule has 0 N–H and O–H groups in total. The van der Waals surface area contributed by atoms with Gasteiger partial charge in [-0.1, -0.05) is 52.8 Å². The molecule has 0 aromatic carbocycles. The van der Waals surface area contributed by atoms with Crippen LogP contribution in [0.3, 0.4) is 0 Å². The lowest BCUT2D eigenvalue weighted by Crippen LogP contribution is -2.52. The van der Waals surface area contributed by atoms with E-state index in [9.17, 15) is 4.79 Å². The Kier molecular flexibility index (Phi) is 5.82. The summed E-state index contributed by atoms with van der Waals surface area (Å²) in [6.07, 6.45) is 14.0. The van der Waals surface area contributed by atoms with E-state index in [1.807, 2.05) is 0 Å². The Morgan fingerprint density at radius 3 is 2.48 bits per heavy atom. The van der Waals surface area contributed by atoms with Crippen molar-refractivity contribution in [2.24, 2.45) is 34.5 Å². The number of aldehydes is 1. The summed E-state index contributed by atoms with van der Waals surface area (Å²) in [5, 5.41) is 0.276. The molecule has 0 radical (unpaired) electrons. The third-order valence-corrected chi connectivity index (χ3v) is 15.5. The zero-order valence-electron chi connectivity index (χ0n) is 21.2. The highest BCUT2D eigenvalue weighted by atomic mass is 28.4. The number of hydrogen-bond acceptors (Lipinski definition) is 2. The molecular weight excluding hydrogens is 396 g/mol. The average molecular weight is 443 g/mol. The summed E-state index contributed by atoms with van der Waals surface area (Å²) in [7, 11) is -1.72. The van der Waals surface area contributed by atoms with E-state index in [2.05, 4.69) is 60.4 Å². The lowest BCUT2D eigenvalue weighted by atomic mass is 9.47. The van der Waals surface area contributed by atoms with Crippen LogP contribution in [-0.4, -0.2) is 20.7 Å². The summed E-state index contributed by atoms with van der Waals surface area (Å²) in [5.74, 6) is 2.75. The molecule has 7 atom stereocenters. The first kappa shape index (κ1) is 23.5. The third-order valence-electron chi connectivity index (χ3n) is 10.9. The number of carbonyl (C=O) groups is 1. The molecule has 2 nitrogen and oxygen atoms in total. The Morgan fingerprint density at radius 2 is 1.84 bits per heavy atom. The Labute approximate surface area is 192 Å². The molecule has 0 aromatic heterocycles. The Balaban J connectivity index is 1.53. The lowest BCUT2D eigenvalue weighted by molar-refractivity contribution is -0.106. The molecule has 0 aromatic rings. The Morgan fingerprint density at radius 1 is 1.13 bits per heavy atom. The molecule has 0 heterocycles. The van der Waals surface area contributed by atoms with Crippen LogP contribution in [0.15, 0.2) is 23.8 Å². The van der Waals surface area contributed by atoms with Crippen molar-refractivity contribution >= 4 is 14.6 Å². The van der Waals surface area contributed by atoms with Crippen LogP contribution in [0.1, 0.15) is 86.0 Å². The lowest BCUT2D eigenvalue weighted by Gasteiger charge is -2.58. The molecular formula is C28H46O2Si. The highest BCUT2D eigenvalue weighted by Gasteiger charge is 2.59. The molecule has 4 rings (SSSR count). The first-order valence-electron chi connectivity index (χ1n) is 12.8. The summed E-state index contributed by atoms with van der Waals surface area (Å²) in [6.45, 7) is 21.1. The Hall–Kier alpha value is -0.673. The summed E-state index contributed by atoms with van der Waals surface area (Å²) >= 11 is 0. The highest BCUT2D eigenvalue weighted by Crippen LogP contribution is 2.67. The smallest absolute Gasteiger partial charge is 0.192 e. The normalized spacial score (nSPS) is 42.8. The van der Waals surface area contributed by atoms with Gasteiger partial charge in [0.05, 0.1) is 0 Å². The fraction of sp³-hybridized carbons (Fsp3) is 0.821. The van der Waals surface area contributed by atoms with Crippen molar-refractivity contribution in [3.63, 3.8) is 0 Å². The second-order valence-electron chi connectivity index (χ2n) is 13.4. The first-order chi connectivity index (χ1) is 14.3. The average Bonchev–Trinajstić information content (AvgIpc) is 3.04. The minimum Gasteiger partial charge on any atom is -0.414 e. The number of allylic oxidation sites excluding steroid dienone is 2. The molecule has 31 heavy (non-hydrogen) atoms. The molecule has 0 saturated heterocycles. The summed E-state index contributed by atoms with van der Waals surface area (Å²) in [5.41, 5.74) is 3.20. The van der Waals surface area contributed by atoms with Crippen molar-refractivity contribution in [3.05, 3.63) is 23.8 Å². The van der Waals surface area contributed by atoms with Crippen LogP contribution in [0, 0.1) is 34.5 Å². The Bertz CT molecular complexity index is 774. The van der Waals surface area contributed by atoms with Crippen LogP contribution in [0.4, 0.5) is 0 Å². The minimum atomic E-state index is -1.72. The van der Waals surface area contributed by atoms with Crippen LogP contribution in [0.25, 0.3) is 0 Å². The van der Waals surface area contributed by atoms with E-state index in [1.165, 1.54) is 38.5 Å². The van der Waals surface area contributed by atoms with E-state index < -0.39 is 8.32 Å². The van der Waals surface area contributed by atoms with E-state index >= 15 is 0 Å². The summed E-state index contributed by atoms with van der Waals surface area (Å²) in [4.78, 5) is 11.5. The number of hydrogen-bond donors (Lipinski definition) is 0. The molecule has 0 aliphatic heterocycles. The molecule has 0 unspecified atom stereocenters. The van der Waals surface area contributed by atoms with Gasteiger partial charge in [0.2, 0.25) is 0 Å². The molecule has 0 bridgehead atoms. The number of fused-ring (bicyclic) bond motifs is 5. The van der Waals surface area contributed by atoms with Gasteiger partial charge in [-0.25, -0.2) is 0 Å². The highest BCUT2D eigenvalue weighted by molar-refractivity contribution is 6.74. The second kappa shape index (κ2) is 7.69. The molecule has 4 aliphatic carbocycles. The third kappa shape index (κ3) is 3.66. The van der Waals surface area contributed by atoms with Gasteiger partial charge >= 0.3 is 0 Å². The van der Waals surface area contributed by atoms with E-state index in [-0.39, 0.29) is 10.5 Å². The van der Waals surface area contributed by atoms with Gasteiger partial charge in [0, 0.05) is 6.10 Å². The monoisotopic (exact) mass is 442 g/mol. The number of rotatable bonds is 4. The van der Waals surface area contributed by atoms with Crippen molar-refractivity contribution in [2.75, 3.05) is 0 Å². The van der Waals surface area contributed by atoms with Crippen LogP contribution in [-0.2, 0) is 9.22 Å². The SMILES string of the molecule is C=C(C=O)[C@H]1CC[C@H]2[C@@H]3CC=C4C[C@@H](O[Si](C)(C)C(C)(C)C)CC[C@]4(C)[C@H]3CC[C@]12C. The summed E-state index contributed by atoms with van der Waals surface area (Å²) in [6, 6.07) is 0. The zero-order valence-corrected chi connectivity index (χ0v) is 22.2. The molecule has 174 valence electrons. The van der Waals surface area contributed by atoms with Gasteiger partial charge in [0.1, 0.15) is 6.29 Å². The fourth-order valence-corrected chi connectivity index (χ4v) is 9.40. The standard InChI is InChI=1S/C28H46O2Si/c1-19(18-29)23-11-12-24-22-10-9-20-17-21(30-31(7,8)26(2,3)4)13-15-27(20,5)25(22)14-16-28(23,24)6/h9,18,21-25H,1,10-17H2,2-8H3/t21-,22-,23+,24-,25-,27-,28+/m0/s1. The van der Waals surface area contributed by atoms with Crippen molar-refractivity contribution in [2.45, 2.75) is 110 Å². The van der Waals surface area contributed by atoms with Gasteiger partial charge < -0.3 is 4.43 Å². The van der Waals surface area contributed by atoms with E-state index in [4.69, 9.17) is 4.43 Å². The molecule has 3 heteroatoms. The van der Waals surface area contributed by atoms with Crippen LogP contribution in [0.2, 0.25) is 18.1 Å². The van der Waals surface area contributed by atoms with E-state index in [1.54, 1.807) is 5.57 Å². The van der Waals surface area contributed by atoms with Gasteiger partial charge in [0.25, 0.3) is 0 Å². The molecule has 0 spiro atoms. The molecule has 3 saturated carbocycles. The zero-order chi connectivity index (χ0) is 22.8. The quantitative estimate of drug-likeness (QED) is 0.193. The fourth-order valence-electron chi connectivity index (χ4n) is 8.01. The van der Waals surface area contributed by atoms with Gasteiger partial charge in [-0.15, -0.1) is 0 Å². The van der Waals surface area contributed by atoms with Crippen molar-refractivity contribution < 1.29 is 9.22 Å². The van der Waals surface area contributed by atoms with Crippen LogP contribution in [0.5, 0.6) is 0 Å². The molecule has 3 fully saturated rings. The van der Waals surface area contributed by atoms with Crippen LogP contribution < -0.4 is 0 Å². The maximum atomic E-state index is 11.5. The van der Waals surface area contributed by atoms with Crippen molar-refractivity contribution in [1.82, 2.24) is 0 Å². The second-order valence-corrected chi connectivity index (χ2v) is 18.1. The predicted molar refractivity (Wildman–Crippen MR) is 132 cm³/mol. The minimum absolute atomic E-state index is 0.276. The first-order valence-corrected chi connectivity index (χ1v) is 15.8. The van der Waals surface area contributed by atoms with Crippen molar-refractivity contribution in [3.8, 4) is 0 Å². The van der Waals surface area contributed by atoms with Gasteiger partial charge in [0.15, 0.2) is 8.32 Å². The van der Waals surface area contributed by atoms with E-state index in [0.717, 1.165) is 42.5 Å². The van der Waals surface area contributed by atoms with Gasteiger partial charge in [-0.3, -0.25) is 4.79 Å². The van der Waals surface area contributed by atoms with E-state index in [0.29, 0.717) is 17.4 Å². The largest absolute Gasteiger partial charge is 0.414 e. The number of carbonyl (C=O) groups excluding carboxylic acids is 1.